The Kier molecular flexibility index (Phi) is 4.74. The first-order valence-corrected chi connectivity index (χ1v) is 9.79. The smallest absolute Gasteiger partial charge is 0.261 e. The second-order valence-corrected chi connectivity index (χ2v) is 8.02. The van der Waals surface area contributed by atoms with E-state index in [9.17, 15) is 14.4 Å². The Labute approximate surface area is 169 Å². The highest BCUT2D eigenvalue weighted by Crippen LogP contribution is 2.25. The molecule has 1 N–H and O–H groups in total. The number of benzene rings is 1. The van der Waals surface area contributed by atoms with E-state index in [1.807, 2.05) is 0 Å². The number of rotatable bonds is 4. The summed E-state index contributed by atoms with van der Waals surface area (Å²) >= 11 is 0. The summed E-state index contributed by atoms with van der Waals surface area (Å²) in [4.78, 5) is 44.6. The largest absolute Gasteiger partial charge is 0.335 e. The molecule has 1 aromatic carbocycles. The summed E-state index contributed by atoms with van der Waals surface area (Å²) in [6.45, 7) is 5.94. The Hall–Kier alpha value is -3.00. The lowest BCUT2D eigenvalue weighted by Gasteiger charge is -2.26. The minimum Gasteiger partial charge on any atom is -0.335 e. The van der Waals surface area contributed by atoms with Crippen LogP contribution < -0.4 is 5.32 Å². The van der Waals surface area contributed by atoms with Crippen molar-refractivity contribution in [3.8, 4) is 0 Å². The molecule has 0 saturated heterocycles. The fraction of sp³-hybridized carbons (Fsp3) is 0.429. The zero-order valence-corrected chi connectivity index (χ0v) is 17.2. The predicted octanol–water partition coefficient (Wildman–Crippen LogP) is 1.77. The van der Waals surface area contributed by atoms with Crippen molar-refractivity contribution < 1.29 is 14.4 Å². The fourth-order valence-electron chi connectivity index (χ4n) is 4.10. The number of nitrogens with one attached hydrogen (secondary N) is 1. The Morgan fingerprint density at radius 3 is 2.62 bits per heavy atom. The van der Waals surface area contributed by atoms with Crippen LogP contribution >= 0.6 is 0 Å². The molecule has 29 heavy (non-hydrogen) atoms. The number of imidazole rings is 1. The number of anilines is 1. The van der Waals surface area contributed by atoms with Crippen LogP contribution in [0.3, 0.4) is 0 Å². The first kappa shape index (κ1) is 19.3. The van der Waals surface area contributed by atoms with Crippen molar-refractivity contribution in [3.05, 3.63) is 46.5 Å². The number of carbonyl (C=O) groups excluding carboxylic acids is 3. The standard InChI is InChI=1S/C21H25N5O3/c1-12(2)19-23-16-10-26(8-7-17(16)24(19)3)11-18(27)22-13-5-6-14-15(9-13)21(29)25(4)20(14)28/h5-6,9,12H,7-8,10-11H2,1-4H3,(H,22,27). The summed E-state index contributed by atoms with van der Waals surface area (Å²) in [5.74, 6) is 0.613. The molecular weight excluding hydrogens is 370 g/mol. The molecule has 0 unspecified atom stereocenters. The van der Waals surface area contributed by atoms with Crippen LogP contribution in [0.1, 0.15) is 57.7 Å². The Bertz CT molecular complexity index is 1020. The monoisotopic (exact) mass is 395 g/mol. The van der Waals surface area contributed by atoms with Gasteiger partial charge in [0.15, 0.2) is 0 Å². The van der Waals surface area contributed by atoms with Gasteiger partial charge in [0, 0.05) is 50.9 Å². The van der Waals surface area contributed by atoms with Gasteiger partial charge >= 0.3 is 0 Å². The number of amides is 3. The van der Waals surface area contributed by atoms with E-state index in [0.29, 0.717) is 29.3 Å². The lowest BCUT2D eigenvalue weighted by Crippen LogP contribution is -2.37. The third-order valence-corrected chi connectivity index (χ3v) is 5.63. The van der Waals surface area contributed by atoms with E-state index in [4.69, 9.17) is 4.98 Å². The lowest BCUT2D eigenvalue weighted by molar-refractivity contribution is -0.117. The van der Waals surface area contributed by atoms with Crippen LogP contribution in [-0.4, -0.2) is 57.2 Å². The molecule has 0 fully saturated rings. The van der Waals surface area contributed by atoms with E-state index in [0.717, 1.165) is 29.4 Å². The zero-order chi connectivity index (χ0) is 20.9. The Balaban J connectivity index is 1.42. The van der Waals surface area contributed by atoms with Crippen molar-refractivity contribution in [1.82, 2.24) is 19.4 Å². The normalized spacial score (nSPS) is 16.4. The van der Waals surface area contributed by atoms with Gasteiger partial charge in [-0.2, -0.15) is 0 Å². The molecule has 0 radical (unpaired) electrons. The van der Waals surface area contributed by atoms with Crippen LogP contribution in [0.2, 0.25) is 0 Å². The number of aromatic nitrogens is 2. The molecule has 2 aliphatic heterocycles. The van der Waals surface area contributed by atoms with E-state index in [-0.39, 0.29) is 24.3 Å². The number of fused-ring (bicyclic) bond motifs is 2. The average molecular weight is 395 g/mol. The summed E-state index contributed by atoms with van der Waals surface area (Å²) < 4.78 is 2.18. The molecule has 0 aliphatic carbocycles. The molecule has 0 saturated carbocycles. The van der Waals surface area contributed by atoms with Gasteiger partial charge in [0.2, 0.25) is 5.91 Å². The van der Waals surface area contributed by atoms with E-state index < -0.39 is 0 Å². The molecule has 3 amide bonds. The van der Waals surface area contributed by atoms with E-state index >= 15 is 0 Å². The predicted molar refractivity (Wildman–Crippen MR) is 108 cm³/mol. The Morgan fingerprint density at radius 1 is 1.17 bits per heavy atom. The van der Waals surface area contributed by atoms with Crippen LogP contribution in [0, 0.1) is 0 Å². The second-order valence-electron chi connectivity index (χ2n) is 8.02. The first-order chi connectivity index (χ1) is 13.8. The maximum atomic E-state index is 12.5. The van der Waals surface area contributed by atoms with Crippen molar-refractivity contribution in [2.75, 3.05) is 25.5 Å². The molecule has 0 atom stereocenters. The van der Waals surface area contributed by atoms with Gasteiger partial charge in [0.1, 0.15) is 5.82 Å². The minimum absolute atomic E-state index is 0.154. The molecule has 8 heteroatoms. The Morgan fingerprint density at radius 2 is 1.90 bits per heavy atom. The quantitative estimate of drug-likeness (QED) is 0.797. The van der Waals surface area contributed by atoms with Crippen molar-refractivity contribution >= 4 is 23.4 Å². The first-order valence-electron chi connectivity index (χ1n) is 9.79. The molecule has 2 aromatic rings. The SMILES string of the molecule is CC(C)c1nc2c(n1C)CCN(CC(=O)Nc1ccc3c(c1)C(=O)N(C)C3=O)C2. The van der Waals surface area contributed by atoms with Crippen molar-refractivity contribution in [3.63, 3.8) is 0 Å². The second kappa shape index (κ2) is 7.11. The van der Waals surface area contributed by atoms with E-state index in [1.54, 1.807) is 18.2 Å². The van der Waals surface area contributed by atoms with Gasteiger partial charge in [0.05, 0.1) is 23.4 Å². The minimum atomic E-state index is -0.347. The molecular formula is C21H25N5O3. The average Bonchev–Trinajstić information content (AvgIpc) is 3.12. The molecule has 1 aromatic heterocycles. The third kappa shape index (κ3) is 3.33. The van der Waals surface area contributed by atoms with E-state index in [2.05, 4.69) is 35.7 Å². The molecule has 0 bridgehead atoms. The molecule has 2 aliphatic rings. The van der Waals surface area contributed by atoms with Crippen LogP contribution in [0.25, 0.3) is 0 Å². The maximum absolute atomic E-state index is 12.5. The van der Waals surface area contributed by atoms with Crippen LogP contribution in [0.4, 0.5) is 5.69 Å². The number of carbonyl (C=O) groups is 3. The third-order valence-electron chi connectivity index (χ3n) is 5.63. The fourth-order valence-corrected chi connectivity index (χ4v) is 4.10. The van der Waals surface area contributed by atoms with Crippen LogP contribution in [0.15, 0.2) is 18.2 Å². The molecule has 8 nitrogen and oxygen atoms in total. The molecule has 152 valence electrons. The lowest BCUT2D eigenvalue weighted by atomic mass is 10.1. The highest BCUT2D eigenvalue weighted by molar-refractivity contribution is 6.21. The van der Waals surface area contributed by atoms with Gasteiger partial charge in [0.25, 0.3) is 11.8 Å². The molecule has 4 rings (SSSR count). The summed E-state index contributed by atoms with van der Waals surface area (Å²) in [5.41, 5.74) is 3.50. The van der Waals surface area contributed by atoms with Gasteiger partial charge < -0.3 is 9.88 Å². The molecule has 0 spiro atoms. The van der Waals surface area contributed by atoms with E-state index in [1.165, 1.54) is 12.7 Å². The number of hydrogen-bond acceptors (Lipinski definition) is 5. The maximum Gasteiger partial charge on any atom is 0.261 e. The number of nitrogens with zero attached hydrogens (tertiary/aromatic N) is 4. The summed E-state index contributed by atoms with van der Waals surface area (Å²) in [6, 6.07) is 4.81. The zero-order valence-electron chi connectivity index (χ0n) is 17.2. The number of hydrogen-bond donors (Lipinski definition) is 1. The van der Waals surface area contributed by atoms with Crippen molar-refractivity contribution in [1.29, 1.82) is 0 Å². The van der Waals surface area contributed by atoms with Gasteiger partial charge in [-0.05, 0) is 18.2 Å². The molecule has 3 heterocycles. The van der Waals surface area contributed by atoms with Gasteiger partial charge in [-0.15, -0.1) is 0 Å². The van der Waals surface area contributed by atoms with Crippen molar-refractivity contribution in [2.45, 2.75) is 32.7 Å². The van der Waals surface area contributed by atoms with Crippen LogP contribution in [-0.2, 0) is 24.8 Å². The highest BCUT2D eigenvalue weighted by atomic mass is 16.2. The number of imide groups is 1. The summed E-state index contributed by atoms with van der Waals surface area (Å²) in [5, 5.41) is 2.84. The summed E-state index contributed by atoms with van der Waals surface area (Å²) in [7, 11) is 3.51. The van der Waals surface area contributed by atoms with Gasteiger partial charge in [-0.1, -0.05) is 13.8 Å². The highest BCUT2D eigenvalue weighted by Gasteiger charge is 2.33. The van der Waals surface area contributed by atoms with Gasteiger partial charge in [-0.25, -0.2) is 4.98 Å². The summed E-state index contributed by atoms with van der Waals surface area (Å²) in [6.07, 6.45) is 0.862. The van der Waals surface area contributed by atoms with Crippen molar-refractivity contribution in [2.24, 2.45) is 7.05 Å². The van der Waals surface area contributed by atoms with Crippen LogP contribution in [0.5, 0.6) is 0 Å². The topological polar surface area (TPSA) is 87.5 Å². The van der Waals surface area contributed by atoms with Gasteiger partial charge in [-0.3, -0.25) is 24.2 Å².